The second-order valence-corrected chi connectivity index (χ2v) is 5.05. The van der Waals surface area contributed by atoms with Gasteiger partial charge in [0.15, 0.2) is 0 Å². The number of benzene rings is 2. The Labute approximate surface area is 130 Å². The molecular formula is C14H10Cl2N2O3. The van der Waals surface area contributed by atoms with Crippen molar-refractivity contribution in [1.82, 2.24) is 0 Å². The average molecular weight is 325 g/mol. The molecule has 2 aromatic rings. The molecule has 7 heteroatoms. The van der Waals surface area contributed by atoms with E-state index in [-0.39, 0.29) is 16.4 Å². The third-order valence-electron chi connectivity index (χ3n) is 2.77. The van der Waals surface area contributed by atoms with Gasteiger partial charge in [0.1, 0.15) is 5.69 Å². The number of nitrogens with one attached hydrogen (secondary N) is 1. The van der Waals surface area contributed by atoms with E-state index < -0.39 is 10.8 Å². The molecule has 2 aromatic carbocycles. The maximum Gasteiger partial charge on any atom is 0.293 e. The van der Waals surface area contributed by atoms with Crippen molar-refractivity contribution < 1.29 is 9.72 Å². The van der Waals surface area contributed by atoms with Crippen molar-refractivity contribution in [2.45, 2.75) is 6.92 Å². The van der Waals surface area contributed by atoms with E-state index in [0.29, 0.717) is 16.1 Å². The lowest BCUT2D eigenvalue weighted by Crippen LogP contribution is -2.09. The van der Waals surface area contributed by atoms with Gasteiger partial charge in [-0.25, -0.2) is 0 Å². The predicted molar refractivity (Wildman–Crippen MR) is 82.9 cm³/mol. The Kier molecular flexibility index (Phi) is 4.45. The highest BCUT2D eigenvalue weighted by Gasteiger charge is 2.23. The molecule has 0 unspecified atom stereocenters. The Hall–Kier alpha value is -2.11. The Bertz CT molecular complexity index is 732. The summed E-state index contributed by atoms with van der Waals surface area (Å²) >= 11 is 12.3. The van der Waals surface area contributed by atoms with Gasteiger partial charge in [-0.15, -0.1) is 0 Å². The molecule has 0 heterocycles. The Balaban J connectivity index is 2.80. The average Bonchev–Trinajstić information content (AvgIpc) is 2.39. The molecule has 0 aromatic heterocycles. The van der Waals surface area contributed by atoms with E-state index in [1.54, 1.807) is 24.3 Å². The highest BCUT2D eigenvalue weighted by Crippen LogP contribution is 2.43. The van der Waals surface area contributed by atoms with Crippen molar-refractivity contribution in [3.05, 3.63) is 56.6 Å². The van der Waals surface area contributed by atoms with Crippen LogP contribution in [-0.4, -0.2) is 10.8 Å². The minimum Gasteiger partial charge on any atom is -0.320 e. The smallest absolute Gasteiger partial charge is 0.293 e. The number of carbonyl (C=O) groups is 1. The van der Waals surface area contributed by atoms with Crippen LogP contribution in [0, 0.1) is 10.1 Å². The zero-order valence-corrected chi connectivity index (χ0v) is 12.4. The molecule has 0 bridgehead atoms. The molecule has 0 aliphatic heterocycles. The highest BCUT2D eigenvalue weighted by molar-refractivity contribution is 6.37. The lowest BCUT2D eigenvalue weighted by Gasteiger charge is -2.13. The molecule has 0 fully saturated rings. The summed E-state index contributed by atoms with van der Waals surface area (Å²) in [5, 5.41) is 14.3. The van der Waals surface area contributed by atoms with Crippen LogP contribution in [0.3, 0.4) is 0 Å². The fourth-order valence-electron chi connectivity index (χ4n) is 1.95. The van der Waals surface area contributed by atoms with Gasteiger partial charge in [0.2, 0.25) is 5.91 Å². The van der Waals surface area contributed by atoms with Gasteiger partial charge in [0.05, 0.1) is 9.95 Å². The van der Waals surface area contributed by atoms with Gasteiger partial charge in [0, 0.05) is 29.1 Å². The third-order valence-corrected chi connectivity index (χ3v) is 3.42. The number of nitro benzene ring substituents is 1. The Morgan fingerprint density at radius 3 is 2.38 bits per heavy atom. The quantitative estimate of drug-likeness (QED) is 0.666. The van der Waals surface area contributed by atoms with Gasteiger partial charge in [-0.3, -0.25) is 14.9 Å². The van der Waals surface area contributed by atoms with Crippen molar-refractivity contribution in [2.75, 3.05) is 5.32 Å². The topological polar surface area (TPSA) is 72.2 Å². The van der Waals surface area contributed by atoms with E-state index in [0.717, 1.165) is 0 Å². The van der Waals surface area contributed by atoms with Crippen LogP contribution in [0.2, 0.25) is 10.0 Å². The highest BCUT2D eigenvalue weighted by atomic mass is 35.5. The summed E-state index contributed by atoms with van der Waals surface area (Å²) in [7, 11) is 0. The zero-order chi connectivity index (χ0) is 15.6. The number of hydrogen-bond acceptors (Lipinski definition) is 3. The summed E-state index contributed by atoms with van der Waals surface area (Å²) in [5.74, 6) is -0.436. The van der Waals surface area contributed by atoms with Crippen molar-refractivity contribution in [1.29, 1.82) is 0 Å². The first-order valence-corrected chi connectivity index (χ1v) is 6.66. The molecule has 0 aliphatic rings. The number of amides is 1. The summed E-state index contributed by atoms with van der Waals surface area (Å²) in [6.45, 7) is 1.26. The van der Waals surface area contributed by atoms with E-state index >= 15 is 0 Å². The number of carbonyl (C=O) groups excluding carboxylic acids is 1. The summed E-state index contributed by atoms with van der Waals surface area (Å²) in [5.41, 5.74) is 0.626. The molecule has 108 valence electrons. The van der Waals surface area contributed by atoms with Gasteiger partial charge in [0.25, 0.3) is 5.69 Å². The number of anilines is 1. The Morgan fingerprint density at radius 2 is 1.81 bits per heavy atom. The second kappa shape index (κ2) is 6.11. The molecule has 0 saturated carbocycles. The molecular weight excluding hydrogens is 315 g/mol. The Morgan fingerprint density at radius 1 is 1.14 bits per heavy atom. The van der Waals surface area contributed by atoms with Crippen molar-refractivity contribution in [2.24, 2.45) is 0 Å². The van der Waals surface area contributed by atoms with Gasteiger partial charge in [-0.2, -0.15) is 0 Å². The van der Waals surface area contributed by atoms with Crippen LogP contribution in [0.5, 0.6) is 0 Å². The standard InChI is InChI=1S/C14H10Cl2N2O3/c1-8(19)17-14-12(18(20)21)7-6-11(16)13(14)9-4-2-3-5-10(9)15/h2-7H,1H3,(H,17,19). The van der Waals surface area contributed by atoms with Crippen LogP contribution < -0.4 is 5.32 Å². The van der Waals surface area contributed by atoms with Crippen molar-refractivity contribution in [3.63, 3.8) is 0 Å². The van der Waals surface area contributed by atoms with Crippen LogP contribution >= 0.6 is 23.2 Å². The maximum absolute atomic E-state index is 11.4. The van der Waals surface area contributed by atoms with Crippen LogP contribution in [0.1, 0.15) is 6.92 Å². The zero-order valence-electron chi connectivity index (χ0n) is 10.9. The first-order valence-electron chi connectivity index (χ1n) is 5.91. The minimum atomic E-state index is -0.581. The van der Waals surface area contributed by atoms with Crippen LogP contribution in [0.15, 0.2) is 36.4 Å². The van der Waals surface area contributed by atoms with E-state index in [4.69, 9.17) is 23.2 Å². The fraction of sp³-hybridized carbons (Fsp3) is 0.0714. The summed E-state index contributed by atoms with van der Waals surface area (Å²) < 4.78 is 0. The number of hydrogen-bond donors (Lipinski definition) is 1. The van der Waals surface area contributed by atoms with Gasteiger partial charge in [-0.05, 0) is 12.1 Å². The third kappa shape index (κ3) is 3.15. The molecule has 0 spiro atoms. The molecule has 21 heavy (non-hydrogen) atoms. The maximum atomic E-state index is 11.4. The molecule has 5 nitrogen and oxygen atoms in total. The van der Waals surface area contributed by atoms with Gasteiger partial charge < -0.3 is 5.32 Å². The molecule has 1 N–H and O–H groups in total. The fourth-order valence-corrected chi connectivity index (χ4v) is 2.44. The number of rotatable bonds is 3. The number of nitro groups is 1. The van der Waals surface area contributed by atoms with E-state index in [2.05, 4.69) is 5.32 Å². The van der Waals surface area contributed by atoms with Crippen LogP contribution in [0.25, 0.3) is 11.1 Å². The minimum absolute atomic E-state index is 0.0353. The van der Waals surface area contributed by atoms with E-state index in [1.807, 2.05) is 0 Å². The lowest BCUT2D eigenvalue weighted by atomic mass is 10.0. The molecule has 0 atom stereocenters. The normalized spacial score (nSPS) is 10.2. The number of halogens is 2. The van der Waals surface area contributed by atoms with Gasteiger partial charge in [-0.1, -0.05) is 41.4 Å². The van der Waals surface area contributed by atoms with Crippen molar-refractivity contribution in [3.8, 4) is 11.1 Å². The number of nitrogens with zero attached hydrogens (tertiary/aromatic N) is 1. The summed E-state index contributed by atoms with van der Waals surface area (Å²) in [6.07, 6.45) is 0. The molecule has 0 radical (unpaired) electrons. The van der Waals surface area contributed by atoms with Crippen LogP contribution in [0.4, 0.5) is 11.4 Å². The van der Waals surface area contributed by atoms with Crippen LogP contribution in [-0.2, 0) is 4.79 Å². The first-order chi connectivity index (χ1) is 9.91. The molecule has 0 saturated heterocycles. The molecule has 2 rings (SSSR count). The monoisotopic (exact) mass is 324 g/mol. The van der Waals surface area contributed by atoms with E-state index in [9.17, 15) is 14.9 Å². The SMILES string of the molecule is CC(=O)Nc1c([N+](=O)[O-])ccc(Cl)c1-c1ccccc1Cl. The van der Waals surface area contributed by atoms with Gasteiger partial charge >= 0.3 is 0 Å². The largest absolute Gasteiger partial charge is 0.320 e. The predicted octanol–water partition coefficient (Wildman–Crippen LogP) is 4.53. The van der Waals surface area contributed by atoms with E-state index in [1.165, 1.54) is 19.1 Å². The first kappa shape index (κ1) is 15.3. The molecule has 1 amide bonds. The summed E-state index contributed by atoms with van der Waals surface area (Å²) in [4.78, 5) is 21.9. The van der Waals surface area contributed by atoms with Crippen molar-refractivity contribution >= 4 is 40.5 Å². The summed E-state index contributed by atoms with van der Waals surface area (Å²) in [6, 6.07) is 9.43. The lowest BCUT2D eigenvalue weighted by molar-refractivity contribution is -0.383. The second-order valence-electron chi connectivity index (χ2n) is 4.23. The molecule has 0 aliphatic carbocycles.